The molecule has 0 aliphatic heterocycles. The smallest absolute Gasteiger partial charge is 0.119 e. The van der Waals surface area contributed by atoms with Gasteiger partial charge in [-0.15, -0.1) is 0 Å². The van der Waals surface area contributed by atoms with Crippen LogP contribution < -0.4 is 10.5 Å². The Labute approximate surface area is 126 Å². The first-order valence-electron chi connectivity index (χ1n) is 7.41. The van der Waals surface area contributed by atoms with E-state index in [4.69, 9.17) is 10.5 Å². The summed E-state index contributed by atoms with van der Waals surface area (Å²) in [6.07, 6.45) is 0.901. The Balaban J connectivity index is 2.03. The highest BCUT2D eigenvalue weighted by Gasteiger charge is 2.17. The molecular formula is C18H23NO2. The van der Waals surface area contributed by atoms with Crippen molar-refractivity contribution >= 4 is 0 Å². The molecule has 0 radical (unpaired) electrons. The predicted molar refractivity (Wildman–Crippen MR) is 85.3 cm³/mol. The molecule has 2 rings (SSSR count). The fourth-order valence-corrected chi connectivity index (χ4v) is 2.25. The van der Waals surface area contributed by atoms with Crippen LogP contribution in [0.25, 0.3) is 0 Å². The lowest BCUT2D eigenvalue weighted by molar-refractivity contribution is 0.145. The van der Waals surface area contributed by atoms with E-state index < -0.39 is 6.10 Å². The number of aliphatic hydroxyl groups excluding tert-OH is 1. The summed E-state index contributed by atoms with van der Waals surface area (Å²) < 4.78 is 5.59. The molecule has 2 aromatic rings. The van der Waals surface area contributed by atoms with Gasteiger partial charge >= 0.3 is 0 Å². The Hall–Kier alpha value is -1.84. The molecule has 2 unspecified atom stereocenters. The summed E-state index contributed by atoms with van der Waals surface area (Å²) in [5, 5.41) is 10.4. The van der Waals surface area contributed by atoms with E-state index in [1.807, 2.05) is 54.6 Å². The topological polar surface area (TPSA) is 55.5 Å². The standard InChI is InChI=1S/C18H23NO2/c1-2-11-21-16-10-6-9-15(13-16)18(20)17(19)12-14-7-4-3-5-8-14/h3-10,13,17-18,20H,2,11-12,19H2,1H3. The molecule has 21 heavy (non-hydrogen) atoms. The van der Waals surface area contributed by atoms with E-state index in [0.29, 0.717) is 13.0 Å². The maximum Gasteiger partial charge on any atom is 0.119 e. The molecule has 0 saturated heterocycles. The molecule has 0 aromatic heterocycles. The van der Waals surface area contributed by atoms with Crippen LogP contribution >= 0.6 is 0 Å². The van der Waals surface area contributed by atoms with Crippen molar-refractivity contribution in [2.45, 2.75) is 31.9 Å². The van der Waals surface area contributed by atoms with Crippen LogP contribution in [0.15, 0.2) is 54.6 Å². The third-order valence-electron chi connectivity index (χ3n) is 3.39. The largest absolute Gasteiger partial charge is 0.494 e. The summed E-state index contributed by atoms with van der Waals surface area (Å²) in [5.41, 5.74) is 8.07. The number of hydrogen-bond acceptors (Lipinski definition) is 3. The zero-order chi connectivity index (χ0) is 15.1. The van der Waals surface area contributed by atoms with Crippen LogP contribution in [0, 0.1) is 0 Å². The number of hydrogen-bond donors (Lipinski definition) is 2. The van der Waals surface area contributed by atoms with Gasteiger partial charge in [-0.05, 0) is 36.1 Å². The van der Waals surface area contributed by atoms with Gasteiger partial charge in [-0.2, -0.15) is 0 Å². The molecule has 0 amide bonds. The Morgan fingerprint density at radius 3 is 2.57 bits per heavy atom. The third kappa shape index (κ3) is 4.59. The van der Waals surface area contributed by atoms with Crippen molar-refractivity contribution < 1.29 is 9.84 Å². The molecule has 3 N–H and O–H groups in total. The van der Waals surface area contributed by atoms with Crippen LogP contribution in [0.2, 0.25) is 0 Å². The Bertz CT molecular complexity index is 542. The lowest BCUT2D eigenvalue weighted by Gasteiger charge is -2.20. The van der Waals surface area contributed by atoms with Crippen LogP contribution in [0.4, 0.5) is 0 Å². The van der Waals surface area contributed by atoms with E-state index in [9.17, 15) is 5.11 Å². The van der Waals surface area contributed by atoms with Crippen LogP contribution in [-0.2, 0) is 6.42 Å². The van der Waals surface area contributed by atoms with E-state index >= 15 is 0 Å². The Morgan fingerprint density at radius 2 is 1.86 bits per heavy atom. The molecule has 2 atom stereocenters. The minimum absolute atomic E-state index is 0.339. The molecule has 0 aliphatic carbocycles. The van der Waals surface area contributed by atoms with Gasteiger partial charge in [-0.25, -0.2) is 0 Å². The van der Waals surface area contributed by atoms with Gasteiger partial charge in [-0.1, -0.05) is 49.4 Å². The first-order valence-corrected chi connectivity index (χ1v) is 7.41. The van der Waals surface area contributed by atoms with E-state index in [2.05, 4.69) is 6.92 Å². The van der Waals surface area contributed by atoms with Crippen molar-refractivity contribution in [3.8, 4) is 5.75 Å². The van der Waals surface area contributed by atoms with Crippen molar-refractivity contribution in [3.05, 3.63) is 65.7 Å². The van der Waals surface area contributed by atoms with Gasteiger partial charge in [0.25, 0.3) is 0 Å². The minimum atomic E-state index is -0.699. The van der Waals surface area contributed by atoms with Crippen LogP contribution in [-0.4, -0.2) is 17.8 Å². The van der Waals surface area contributed by atoms with E-state index in [-0.39, 0.29) is 6.04 Å². The van der Waals surface area contributed by atoms with Crippen molar-refractivity contribution in [1.82, 2.24) is 0 Å². The van der Waals surface area contributed by atoms with Crippen molar-refractivity contribution in [1.29, 1.82) is 0 Å². The Morgan fingerprint density at radius 1 is 1.10 bits per heavy atom. The molecule has 0 heterocycles. The monoisotopic (exact) mass is 285 g/mol. The zero-order valence-electron chi connectivity index (χ0n) is 12.4. The number of rotatable bonds is 7. The van der Waals surface area contributed by atoms with Crippen molar-refractivity contribution in [2.24, 2.45) is 5.73 Å². The van der Waals surface area contributed by atoms with Crippen LogP contribution in [0.1, 0.15) is 30.6 Å². The van der Waals surface area contributed by atoms with Gasteiger partial charge in [0.05, 0.1) is 12.7 Å². The molecule has 0 saturated carbocycles. The lowest BCUT2D eigenvalue weighted by Crippen LogP contribution is -2.30. The summed E-state index contributed by atoms with van der Waals surface area (Å²) in [4.78, 5) is 0. The molecule has 0 aliphatic rings. The van der Waals surface area contributed by atoms with Gasteiger partial charge in [0.2, 0.25) is 0 Å². The van der Waals surface area contributed by atoms with Gasteiger partial charge < -0.3 is 15.6 Å². The second-order valence-corrected chi connectivity index (χ2v) is 5.22. The summed E-state index contributed by atoms with van der Waals surface area (Å²) in [5.74, 6) is 0.778. The molecule has 3 nitrogen and oxygen atoms in total. The van der Waals surface area contributed by atoms with E-state index in [1.54, 1.807) is 0 Å². The van der Waals surface area contributed by atoms with Gasteiger partial charge in [0.15, 0.2) is 0 Å². The summed E-state index contributed by atoms with van der Waals surface area (Å²) in [7, 11) is 0. The molecule has 0 spiro atoms. The molecule has 0 fully saturated rings. The van der Waals surface area contributed by atoms with Crippen LogP contribution in [0.3, 0.4) is 0 Å². The average molecular weight is 285 g/mol. The highest BCUT2D eigenvalue weighted by Crippen LogP contribution is 2.22. The number of benzene rings is 2. The van der Waals surface area contributed by atoms with E-state index in [1.165, 1.54) is 0 Å². The minimum Gasteiger partial charge on any atom is -0.494 e. The molecule has 112 valence electrons. The summed E-state index contributed by atoms with van der Waals surface area (Å²) >= 11 is 0. The Kier molecular flexibility index (Phi) is 5.78. The molecule has 2 aromatic carbocycles. The average Bonchev–Trinajstić information content (AvgIpc) is 2.53. The number of ether oxygens (including phenoxy) is 1. The summed E-state index contributed by atoms with van der Waals surface area (Å²) in [6, 6.07) is 17.2. The van der Waals surface area contributed by atoms with Gasteiger partial charge in [-0.3, -0.25) is 0 Å². The fraction of sp³-hybridized carbons (Fsp3) is 0.333. The number of nitrogens with two attached hydrogens (primary N) is 1. The van der Waals surface area contributed by atoms with Gasteiger partial charge in [0.1, 0.15) is 5.75 Å². The summed E-state index contributed by atoms with van der Waals surface area (Å²) in [6.45, 7) is 2.74. The first-order chi connectivity index (χ1) is 10.2. The van der Waals surface area contributed by atoms with Crippen molar-refractivity contribution in [3.63, 3.8) is 0 Å². The SMILES string of the molecule is CCCOc1cccc(C(O)C(N)Cc2ccccc2)c1. The third-order valence-corrected chi connectivity index (χ3v) is 3.39. The normalized spacial score (nSPS) is 13.7. The highest BCUT2D eigenvalue weighted by atomic mass is 16.5. The fourth-order valence-electron chi connectivity index (χ4n) is 2.25. The quantitative estimate of drug-likeness (QED) is 0.822. The van der Waals surface area contributed by atoms with Crippen molar-refractivity contribution in [2.75, 3.05) is 6.61 Å². The second kappa shape index (κ2) is 7.81. The maximum absolute atomic E-state index is 10.4. The molecular weight excluding hydrogens is 262 g/mol. The zero-order valence-corrected chi connectivity index (χ0v) is 12.4. The maximum atomic E-state index is 10.4. The molecule has 3 heteroatoms. The second-order valence-electron chi connectivity index (χ2n) is 5.22. The van der Waals surface area contributed by atoms with Crippen LogP contribution in [0.5, 0.6) is 5.75 Å². The lowest BCUT2D eigenvalue weighted by atomic mass is 9.97. The van der Waals surface area contributed by atoms with E-state index in [0.717, 1.165) is 23.3 Å². The molecule has 0 bridgehead atoms. The highest BCUT2D eigenvalue weighted by molar-refractivity contribution is 5.31. The number of aliphatic hydroxyl groups is 1. The first kappa shape index (κ1) is 15.5. The predicted octanol–water partition coefficient (Wildman–Crippen LogP) is 3.08. The van der Waals surface area contributed by atoms with Gasteiger partial charge in [0, 0.05) is 6.04 Å².